The van der Waals surface area contributed by atoms with Crippen LogP contribution in [-0.2, 0) is 0 Å². The van der Waals surface area contributed by atoms with Crippen LogP contribution in [0.3, 0.4) is 0 Å². The van der Waals surface area contributed by atoms with E-state index in [9.17, 15) is 0 Å². The van der Waals surface area contributed by atoms with Crippen LogP contribution in [0.25, 0.3) is 21.5 Å². The van der Waals surface area contributed by atoms with Gasteiger partial charge in [-0.15, -0.1) is 11.1 Å². The van der Waals surface area contributed by atoms with Crippen molar-refractivity contribution in [2.45, 2.75) is 116 Å². The topological polar surface area (TPSA) is 0 Å². The van der Waals surface area contributed by atoms with Crippen LogP contribution < -0.4 is 0 Å². The summed E-state index contributed by atoms with van der Waals surface area (Å²) < 4.78 is 0. The molecule has 0 radical (unpaired) electrons. The first-order chi connectivity index (χ1) is 18.6. The molecule has 0 aromatic heterocycles. The van der Waals surface area contributed by atoms with E-state index >= 15 is 0 Å². The maximum absolute atomic E-state index is 6.65. The van der Waals surface area contributed by atoms with E-state index in [1.807, 2.05) is 12.1 Å². The Bertz CT molecular complexity index is 1350. The summed E-state index contributed by atoms with van der Waals surface area (Å²) in [5.74, 6) is 7.57. The van der Waals surface area contributed by atoms with Gasteiger partial charge in [-0.1, -0.05) is 130 Å². The lowest BCUT2D eigenvalue weighted by molar-refractivity contribution is 0.838. The summed E-state index contributed by atoms with van der Waals surface area (Å²) in [4.78, 5) is 0. The van der Waals surface area contributed by atoms with Crippen molar-refractivity contribution in [3.63, 3.8) is 0 Å². The second-order valence-corrected chi connectivity index (χ2v) is 25.5. The van der Waals surface area contributed by atoms with Crippen molar-refractivity contribution in [2.75, 3.05) is 0 Å². The summed E-state index contributed by atoms with van der Waals surface area (Å²) in [5, 5.41) is 5.84. The van der Waals surface area contributed by atoms with Gasteiger partial charge in [0.05, 0.1) is 0 Å². The smallest absolute Gasteiger partial charge is 0.125 e. The highest BCUT2D eigenvalue weighted by atomic mass is 35.5. The van der Waals surface area contributed by atoms with E-state index in [2.05, 4.69) is 130 Å². The zero-order valence-corrected chi connectivity index (χ0v) is 30.2. The minimum atomic E-state index is -1.94. The Kier molecular flexibility index (Phi) is 10.4. The van der Waals surface area contributed by atoms with Gasteiger partial charge in [0.2, 0.25) is 0 Å². The van der Waals surface area contributed by atoms with Crippen molar-refractivity contribution in [3.05, 3.63) is 57.6 Å². The van der Waals surface area contributed by atoms with Gasteiger partial charge < -0.3 is 0 Å². The van der Waals surface area contributed by atoms with E-state index < -0.39 is 16.1 Å². The van der Waals surface area contributed by atoms with E-state index in [1.54, 1.807) is 0 Å². The van der Waals surface area contributed by atoms with Gasteiger partial charge in [-0.25, -0.2) is 0 Å². The Hall–Kier alpha value is -1.69. The van der Waals surface area contributed by atoms with E-state index in [0.29, 0.717) is 33.2 Å². The highest BCUT2D eigenvalue weighted by Crippen LogP contribution is 2.43. The number of benzene rings is 3. The van der Waals surface area contributed by atoms with Crippen LogP contribution in [0.1, 0.15) is 94.2 Å². The van der Waals surface area contributed by atoms with Crippen molar-refractivity contribution in [1.29, 1.82) is 0 Å². The van der Waals surface area contributed by atoms with Gasteiger partial charge in [0, 0.05) is 31.9 Å². The molecule has 0 aliphatic carbocycles. The van der Waals surface area contributed by atoms with Gasteiger partial charge in [0.25, 0.3) is 0 Å². The van der Waals surface area contributed by atoms with Crippen LogP contribution in [0.4, 0.5) is 0 Å². The lowest BCUT2D eigenvalue weighted by atomic mass is 9.92. The van der Waals surface area contributed by atoms with Crippen LogP contribution in [0, 0.1) is 22.9 Å². The maximum Gasteiger partial charge on any atom is 0.146 e. The average molecular weight is 608 g/mol. The Morgan fingerprint density at radius 1 is 0.450 bits per heavy atom. The first kappa shape index (κ1) is 32.8. The SMILES string of the molecule is CC(C)[Si](C#Cc1c2ccc(Cl)cc2c(C#C[Si](C(C)C)(C(C)C)C(C)C)c2ccc(Cl)cc12)(C(C)C)C(C)C. The van der Waals surface area contributed by atoms with Gasteiger partial charge >= 0.3 is 0 Å². The van der Waals surface area contributed by atoms with Crippen molar-refractivity contribution < 1.29 is 0 Å². The van der Waals surface area contributed by atoms with Crippen LogP contribution in [-0.4, -0.2) is 16.1 Å². The first-order valence-electron chi connectivity index (χ1n) is 15.0. The molecule has 0 atom stereocenters. The highest BCUT2D eigenvalue weighted by Gasteiger charge is 2.42. The van der Waals surface area contributed by atoms with Gasteiger partial charge in [0.1, 0.15) is 16.1 Å². The standard InChI is InChI=1S/C36H48Cl2Si2/c1-23(2)39(24(3)4,25(5)6)19-17-33-31-15-13-30(38)22-36(31)34(32-16-14-29(37)21-35(32)33)18-20-40(26(7)8,27(9)10)28(11)12/h13-16,21-28H,1-12H3. The Labute approximate surface area is 256 Å². The Balaban J connectivity index is 2.53. The molecule has 0 amide bonds. The summed E-state index contributed by atoms with van der Waals surface area (Å²) in [5.41, 5.74) is 13.4. The van der Waals surface area contributed by atoms with E-state index in [1.165, 1.54) is 0 Å². The van der Waals surface area contributed by atoms with E-state index in [-0.39, 0.29) is 0 Å². The molecule has 0 N–H and O–H groups in total. The molecule has 0 saturated heterocycles. The van der Waals surface area contributed by atoms with Gasteiger partial charge in [-0.3, -0.25) is 0 Å². The summed E-state index contributed by atoms with van der Waals surface area (Å²) in [7, 11) is -3.89. The van der Waals surface area contributed by atoms with Gasteiger partial charge in [-0.05, 0) is 68.3 Å². The molecule has 3 aromatic carbocycles. The average Bonchev–Trinajstić information content (AvgIpc) is 2.84. The summed E-state index contributed by atoms with van der Waals surface area (Å²) >= 11 is 13.3. The third kappa shape index (κ3) is 5.81. The summed E-state index contributed by atoms with van der Waals surface area (Å²) in [6, 6.07) is 12.4. The fourth-order valence-corrected chi connectivity index (χ4v) is 18.4. The molecule has 0 bridgehead atoms. The molecule has 3 aromatic rings. The number of halogens is 2. The molecule has 0 aliphatic rings. The van der Waals surface area contributed by atoms with Crippen molar-refractivity contribution in [1.82, 2.24) is 0 Å². The van der Waals surface area contributed by atoms with Crippen LogP contribution in [0.15, 0.2) is 36.4 Å². The van der Waals surface area contributed by atoms with Gasteiger partial charge in [0.15, 0.2) is 0 Å². The number of fused-ring (bicyclic) bond motifs is 2. The predicted octanol–water partition coefficient (Wildman–Crippen LogP) is 12.4. The lowest BCUT2D eigenvalue weighted by Gasteiger charge is -2.38. The highest BCUT2D eigenvalue weighted by molar-refractivity contribution is 6.91. The maximum atomic E-state index is 6.65. The Morgan fingerprint density at radius 3 is 0.975 bits per heavy atom. The quantitative estimate of drug-likeness (QED) is 0.149. The Morgan fingerprint density at radius 2 is 0.725 bits per heavy atom. The molecule has 40 heavy (non-hydrogen) atoms. The summed E-state index contributed by atoms with van der Waals surface area (Å²) in [6.07, 6.45) is 0. The van der Waals surface area contributed by atoms with Crippen molar-refractivity contribution in [2.24, 2.45) is 0 Å². The monoisotopic (exact) mass is 606 g/mol. The first-order valence-corrected chi connectivity index (χ1v) is 20.2. The summed E-state index contributed by atoms with van der Waals surface area (Å²) in [6.45, 7) is 28.3. The minimum absolute atomic E-state index is 0.557. The molecule has 0 nitrogen and oxygen atoms in total. The normalized spacial score (nSPS) is 12.7. The zero-order valence-electron chi connectivity index (χ0n) is 26.7. The van der Waals surface area contributed by atoms with Crippen LogP contribution >= 0.6 is 23.2 Å². The second kappa shape index (κ2) is 12.7. The number of hydrogen-bond donors (Lipinski definition) is 0. The molecule has 0 fully saturated rings. The van der Waals surface area contributed by atoms with Crippen LogP contribution in [0.2, 0.25) is 43.3 Å². The van der Waals surface area contributed by atoms with Gasteiger partial charge in [-0.2, -0.15) is 0 Å². The fraction of sp³-hybridized carbons (Fsp3) is 0.500. The molecule has 0 spiro atoms. The van der Waals surface area contributed by atoms with Crippen molar-refractivity contribution in [3.8, 4) is 22.9 Å². The molecular weight excluding hydrogens is 559 g/mol. The number of hydrogen-bond acceptors (Lipinski definition) is 0. The van der Waals surface area contributed by atoms with Crippen LogP contribution in [0.5, 0.6) is 0 Å². The minimum Gasteiger partial charge on any atom is -0.125 e. The molecule has 214 valence electrons. The molecule has 3 rings (SSSR count). The molecule has 4 heteroatoms. The third-order valence-corrected chi connectivity index (χ3v) is 22.6. The largest absolute Gasteiger partial charge is 0.146 e. The molecule has 0 unspecified atom stereocenters. The number of rotatable bonds is 6. The van der Waals surface area contributed by atoms with E-state index in [4.69, 9.17) is 23.2 Å². The fourth-order valence-electron chi connectivity index (χ4n) is 7.65. The molecule has 0 heterocycles. The predicted molar refractivity (Wildman–Crippen MR) is 187 cm³/mol. The zero-order chi connectivity index (χ0) is 30.2. The lowest BCUT2D eigenvalue weighted by Crippen LogP contribution is -2.43. The van der Waals surface area contributed by atoms with Crippen molar-refractivity contribution >= 4 is 60.9 Å². The molecular formula is C36H48Cl2Si2. The van der Waals surface area contributed by atoms with E-state index in [0.717, 1.165) is 42.7 Å². The molecule has 0 saturated carbocycles. The molecule has 0 aliphatic heterocycles. The third-order valence-electron chi connectivity index (χ3n) is 9.58. The second-order valence-electron chi connectivity index (χ2n) is 13.4.